The molecular formula is C54H64Br2O2. The fraction of sp³-hybridized carbons (Fsp3) is 0.444. The van der Waals surface area contributed by atoms with Crippen LogP contribution in [0.1, 0.15) is 152 Å². The Morgan fingerprint density at radius 3 is 1.57 bits per heavy atom. The van der Waals surface area contributed by atoms with Crippen molar-refractivity contribution >= 4 is 31.9 Å². The van der Waals surface area contributed by atoms with Crippen LogP contribution >= 0.6 is 31.9 Å². The summed E-state index contributed by atoms with van der Waals surface area (Å²) in [6.07, 6.45) is 14.6. The number of ether oxygens (including phenoxy) is 2. The lowest BCUT2D eigenvalue weighted by atomic mass is 9.65. The summed E-state index contributed by atoms with van der Waals surface area (Å²) in [5, 5.41) is 0. The van der Waals surface area contributed by atoms with E-state index < -0.39 is 5.41 Å². The Bertz CT molecular complexity index is 2120. The van der Waals surface area contributed by atoms with Crippen LogP contribution in [0.2, 0.25) is 0 Å². The van der Waals surface area contributed by atoms with Crippen molar-refractivity contribution in [1.82, 2.24) is 0 Å². The van der Waals surface area contributed by atoms with E-state index >= 15 is 0 Å². The zero-order valence-corrected chi connectivity index (χ0v) is 39.0. The van der Waals surface area contributed by atoms with E-state index in [2.05, 4.69) is 170 Å². The maximum absolute atomic E-state index is 6.79. The van der Waals surface area contributed by atoms with Crippen LogP contribution in [0.5, 0.6) is 11.5 Å². The van der Waals surface area contributed by atoms with Crippen LogP contribution < -0.4 is 9.47 Å². The van der Waals surface area contributed by atoms with Crippen LogP contribution in [0.15, 0.2) is 106 Å². The highest BCUT2D eigenvalue weighted by atomic mass is 79.9. The van der Waals surface area contributed by atoms with Crippen molar-refractivity contribution in [3.63, 3.8) is 0 Å². The van der Waals surface area contributed by atoms with E-state index in [0.29, 0.717) is 25.0 Å². The molecule has 0 N–H and O–H groups in total. The molecule has 4 heteroatoms. The number of benzene rings is 5. The first-order chi connectivity index (χ1) is 28.2. The minimum Gasteiger partial charge on any atom is -0.489 e. The van der Waals surface area contributed by atoms with Gasteiger partial charge in [0.05, 0.1) is 18.6 Å². The monoisotopic (exact) mass is 902 g/mol. The molecule has 0 amide bonds. The van der Waals surface area contributed by atoms with Gasteiger partial charge in [0.15, 0.2) is 11.5 Å². The fourth-order valence-electron chi connectivity index (χ4n) is 9.79. The molecule has 58 heavy (non-hydrogen) atoms. The van der Waals surface area contributed by atoms with Gasteiger partial charge in [0.25, 0.3) is 0 Å². The number of unbranched alkanes of at least 4 members (excludes halogenated alkanes) is 6. The molecule has 0 heterocycles. The largest absolute Gasteiger partial charge is 0.489 e. The summed E-state index contributed by atoms with van der Waals surface area (Å²) >= 11 is 7.90. The number of fused-ring (bicyclic) bond motifs is 6. The molecule has 2 unspecified atom stereocenters. The summed E-state index contributed by atoms with van der Waals surface area (Å²) < 4.78 is 15.5. The van der Waals surface area contributed by atoms with Gasteiger partial charge in [-0.1, -0.05) is 198 Å². The van der Waals surface area contributed by atoms with Crippen molar-refractivity contribution in [1.29, 1.82) is 0 Å². The Balaban J connectivity index is 1.50. The summed E-state index contributed by atoms with van der Waals surface area (Å²) in [6, 6.07) is 37.6. The molecule has 0 fully saturated rings. The van der Waals surface area contributed by atoms with Crippen molar-refractivity contribution in [2.24, 2.45) is 11.8 Å². The van der Waals surface area contributed by atoms with Crippen molar-refractivity contribution in [3.8, 4) is 33.8 Å². The molecule has 2 aliphatic rings. The Labute approximate surface area is 366 Å². The van der Waals surface area contributed by atoms with E-state index in [1.807, 2.05) is 0 Å². The lowest BCUT2D eigenvalue weighted by Gasteiger charge is -2.37. The van der Waals surface area contributed by atoms with Gasteiger partial charge in [-0.05, 0) is 117 Å². The van der Waals surface area contributed by atoms with Gasteiger partial charge in [0.1, 0.15) is 0 Å². The van der Waals surface area contributed by atoms with Gasteiger partial charge in [-0.3, -0.25) is 0 Å². The molecule has 2 nitrogen and oxygen atoms in total. The molecule has 306 valence electrons. The number of hydrogen-bond acceptors (Lipinski definition) is 2. The van der Waals surface area contributed by atoms with Crippen molar-refractivity contribution < 1.29 is 9.47 Å². The second-order valence-corrected chi connectivity index (χ2v) is 19.3. The van der Waals surface area contributed by atoms with E-state index in [-0.39, 0.29) is 5.41 Å². The maximum atomic E-state index is 6.79. The molecule has 0 saturated heterocycles. The first-order valence-electron chi connectivity index (χ1n) is 22.5. The van der Waals surface area contributed by atoms with Crippen molar-refractivity contribution in [2.75, 3.05) is 13.2 Å². The van der Waals surface area contributed by atoms with Crippen LogP contribution in [0.4, 0.5) is 0 Å². The normalized spacial score (nSPS) is 15.3. The molecule has 5 aromatic carbocycles. The topological polar surface area (TPSA) is 18.5 Å². The third kappa shape index (κ3) is 8.11. The maximum Gasteiger partial charge on any atom is 0.161 e. The molecule has 0 aliphatic heterocycles. The zero-order valence-electron chi connectivity index (χ0n) is 35.9. The number of rotatable bonds is 20. The summed E-state index contributed by atoms with van der Waals surface area (Å²) in [5.41, 5.74) is 12.9. The predicted molar refractivity (Wildman–Crippen MR) is 253 cm³/mol. The van der Waals surface area contributed by atoms with Crippen LogP contribution in [-0.4, -0.2) is 13.2 Å². The minimum atomic E-state index is -0.609. The number of halogens is 2. The lowest BCUT2D eigenvalue weighted by molar-refractivity contribution is 0.217. The highest BCUT2D eigenvalue weighted by Gasteiger charge is 2.49. The minimum absolute atomic E-state index is 0.0261. The average molecular weight is 905 g/mol. The summed E-state index contributed by atoms with van der Waals surface area (Å²) in [7, 11) is 0. The van der Waals surface area contributed by atoms with Gasteiger partial charge < -0.3 is 9.47 Å². The van der Waals surface area contributed by atoms with E-state index in [1.54, 1.807) is 0 Å². The Morgan fingerprint density at radius 1 is 0.483 bits per heavy atom. The summed E-state index contributed by atoms with van der Waals surface area (Å²) in [6.45, 7) is 14.9. The second-order valence-electron chi connectivity index (χ2n) is 17.4. The fourth-order valence-corrected chi connectivity index (χ4v) is 10.5. The summed E-state index contributed by atoms with van der Waals surface area (Å²) in [4.78, 5) is 0. The quantitative estimate of drug-likeness (QED) is 0.0711. The predicted octanol–water partition coefficient (Wildman–Crippen LogP) is 16.6. The first kappa shape index (κ1) is 42.8. The van der Waals surface area contributed by atoms with Gasteiger partial charge >= 0.3 is 0 Å². The smallest absolute Gasteiger partial charge is 0.161 e. The molecule has 0 bridgehead atoms. The van der Waals surface area contributed by atoms with Crippen LogP contribution in [0.25, 0.3) is 22.3 Å². The summed E-state index contributed by atoms with van der Waals surface area (Å²) in [5.74, 6) is 2.54. The van der Waals surface area contributed by atoms with E-state index in [1.165, 1.54) is 120 Å². The molecule has 5 aromatic rings. The second kappa shape index (κ2) is 18.9. The molecule has 0 spiro atoms. The van der Waals surface area contributed by atoms with E-state index in [9.17, 15) is 0 Å². The van der Waals surface area contributed by atoms with Gasteiger partial charge in [-0.25, -0.2) is 0 Å². The first-order valence-corrected chi connectivity index (χ1v) is 24.1. The molecule has 2 atom stereocenters. The Hall–Kier alpha value is -3.34. The molecule has 2 aliphatic carbocycles. The third-order valence-electron chi connectivity index (χ3n) is 13.5. The third-order valence-corrected chi connectivity index (χ3v) is 14.5. The number of hydrogen-bond donors (Lipinski definition) is 0. The molecule has 0 saturated carbocycles. The Morgan fingerprint density at radius 2 is 0.983 bits per heavy atom. The Kier molecular flexibility index (Phi) is 14.0. The SMILES string of the molecule is CCCCCCC1(CCCCCC)c2ccccc2-c2ccc(C3(c4ccc(OCC(C)CC)c(OCC(C)CC)c4)c4cc(Br)ccc4-c4ccc(Br)cc43)cc21. The highest BCUT2D eigenvalue weighted by Crippen LogP contribution is 2.61. The molecular weight excluding hydrogens is 840 g/mol. The molecule has 0 aromatic heterocycles. The highest BCUT2D eigenvalue weighted by molar-refractivity contribution is 9.10. The molecule has 0 radical (unpaired) electrons. The van der Waals surface area contributed by atoms with Gasteiger partial charge in [0, 0.05) is 14.4 Å². The van der Waals surface area contributed by atoms with Crippen LogP contribution in [0, 0.1) is 11.8 Å². The van der Waals surface area contributed by atoms with E-state index in [4.69, 9.17) is 9.47 Å². The van der Waals surface area contributed by atoms with Crippen LogP contribution in [0.3, 0.4) is 0 Å². The average Bonchev–Trinajstić information content (AvgIpc) is 3.68. The zero-order chi connectivity index (χ0) is 40.9. The van der Waals surface area contributed by atoms with E-state index in [0.717, 1.165) is 33.3 Å². The van der Waals surface area contributed by atoms with Gasteiger partial charge in [0.2, 0.25) is 0 Å². The molecule has 7 rings (SSSR count). The van der Waals surface area contributed by atoms with Crippen LogP contribution in [-0.2, 0) is 10.8 Å². The lowest BCUT2D eigenvalue weighted by Crippen LogP contribution is -2.30. The standard InChI is InChI=1S/C54H64Br2O2/c1-7-11-13-17-29-53(30-18-14-12-8-2)47-20-16-15-19-43(47)44-25-21-39(31-48(44)53)54(49-33-41(55)23-26-45(49)46-27-24-42(56)34-50(46)54)40-22-28-51(57-35-37(5)9-3)52(32-40)58-36-38(6)10-4/h15-16,19-28,31-34,37-38H,7-14,17-18,29-30,35-36H2,1-6H3. The van der Waals surface area contributed by atoms with Crippen molar-refractivity contribution in [3.05, 3.63) is 139 Å². The van der Waals surface area contributed by atoms with Gasteiger partial charge in [-0.2, -0.15) is 0 Å². The van der Waals surface area contributed by atoms with Gasteiger partial charge in [-0.15, -0.1) is 0 Å². The van der Waals surface area contributed by atoms with Crippen molar-refractivity contribution in [2.45, 2.75) is 129 Å².